The molecule has 192 valence electrons. The Morgan fingerprint density at radius 2 is 1.69 bits per heavy atom. The van der Waals surface area contributed by atoms with Crippen molar-refractivity contribution in [2.24, 2.45) is 5.92 Å². The van der Waals surface area contributed by atoms with Gasteiger partial charge in [0.2, 0.25) is 15.9 Å². The van der Waals surface area contributed by atoms with Gasteiger partial charge in [0.05, 0.1) is 31.3 Å². The lowest BCUT2D eigenvalue weighted by atomic mass is 10.0. The number of hydrogen-bond donors (Lipinski definition) is 2. The third-order valence-electron chi connectivity index (χ3n) is 6.11. The zero-order valence-corrected chi connectivity index (χ0v) is 21.8. The maximum atomic E-state index is 13.3. The van der Waals surface area contributed by atoms with Gasteiger partial charge in [-0.1, -0.05) is 43.7 Å². The Kier molecular flexibility index (Phi) is 9.68. The fourth-order valence-corrected chi connectivity index (χ4v) is 5.35. The molecule has 1 fully saturated rings. The first kappa shape index (κ1) is 27.1. The van der Waals surface area contributed by atoms with Crippen molar-refractivity contribution in [2.75, 3.05) is 40.0 Å². The largest absolute Gasteiger partial charge is 0.497 e. The van der Waals surface area contributed by atoms with Crippen LogP contribution in [0, 0.1) is 12.8 Å². The van der Waals surface area contributed by atoms with E-state index in [1.165, 1.54) is 0 Å². The average molecular weight is 504 g/mol. The zero-order chi connectivity index (χ0) is 25.4. The third-order valence-corrected chi connectivity index (χ3v) is 7.60. The van der Waals surface area contributed by atoms with Crippen LogP contribution in [0.1, 0.15) is 37.4 Å². The number of morpholine rings is 1. The summed E-state index contributed by atoms with van der Waals surface area (Å²) in [5.41, 5.74) is 2.02. The fraction of sp³-hybridized carbons (Fsp3) is 0.500. The van der Waals surface area contributed by atoms with Crippen LogP contribution in [-0.2, 0) is 19.6 Å². The van der Waals surface area contributed by atoms with Gasteiger partial charge in [-0.25, -0.2) is 8.42 Å². The number of aryl methyl sites for hydroxylation is 1. The minimum Gasteiger partial charge on any atom is -0.497 e. The lowest BCUT2D eigenvalue weighted by Crippen LogP contribution is -2.50. The highest BCUT2D eigenvalue weighted by atomic mass is 32.2. The second kappa shape index (κ2) is 12.5. The highest BCUT2D eigenvalue weighted by molar-refractivity contribution is 7.89. The summed E-state index contributed by atoms with van der Waals surface area (Å²) in [6.45, 7) is 8.95. The molecular weight excluding hydrogens is 466 g/mol. The molecule has 1 aliphatic heterocycles. The van der Waals surface area contributed by atoms with Gasteiger partial charge in [-0.3, -0.25) is 9.69 Å². The third kappa shape index (κ3) is 7.76. The molecule has 0 saturated carbocycles. The van der Waals surface area contributed by atoms with E-state index in [2.05, 4.69) is 14.9 Å². The molecule has 9 heteroatoms. The summed E-state index contributed by atoms with van der Waals surface area (Å²) in [7, 11) is -2.21. The van der Waals surface area contributed by atoms with Crippen LogP contribution < -0.4 is 14.8 Å². The smallest absolute Gasteiger partial charge is 0.241 e. The van der Waals surface area contributed by atoms with E-state index in [1.807, 2.05) is 45.0 Å². The molecule has 2 aromatic carbocycles. The van der Waals surface area contributed by atoms with Gasteiger partial charge in [0, 0.05) is 19.6 Å². The molecule has 0 spiro atoms. The minimum atomic E-state index is -3.84. The van der Waals surface area contributed by atoms with Crippen LogP contribution in [0.25, 0.3) is 0 Å². The Morgan fingerprint density at radius 3 is 2.26 bits per heavy atom. The van der Waals surface area contributed by atoms with Crippen molar-refractivity contribution in [1.29, 1.82) is 0 Å². The van der Waals surface area contributed by atoms with E-state index in [0.717, 1.165) is 30.0 Å². The molecule has 2 N–H and O–H groups in total. The molecule has 1 amide bonds. The van der Waals surface area contributed by atoms with Gasteiger partial charge < -0.3 is 14.8 Å². The molecule has 0 aromatic heterocycles. The van der Waals surface area contributed by atoms with E-state index < -0.39 is 16.1 Å². The molecule has 0 unspecified atom stereocenters. The molecule has 0 aliphatic carbocycles. The molecule has 1 heterocycles. The summed E-state index contributed by atoms with van der Waals surface area (Å²) in [6, 6.07) is 13.5. The Balaban J connectivity index is 1.75. The molecule has 0 radical (unpaired) electrons. The standard InChI is InChI=1S/C26H37N3O5S/c1-19(2)17-24(28-35(31,32)23-11-5-20(3)6-12-23)26(30)27-18-25(29-13-15-34-16-14-29)21-7-9-22(33-4)10-8-21/h5-12,19,24-25,28H,13-18H2,1-4H3,(H,27,30)/t24-,25+/m0/s1. The first-order valence-electron chi connectivity index (χ1n) is 12.0. The first-order valence-corrected chi connectivity index (χ1v) is 13.5. The van der Waals surface area contributed by atoms with E-state index in [4.69, 9.17) is 9.47 Å². The van der Waals surface area contributed by atoms with E-state index >= 15 is 0 Å². The van der Waals surface area contributed by atoms with E-state index in [-0.39, 0.29) is 22.8 Å². The van der Waals surface area contributed by atoms with Crippen LogP contribution in [-0.4, -0.2) is 65.2 Å². The molecular formula is C26H37N3O5S. The second-order valence-electron chi connectivity index (χ2n) is 9.30. The van der Waals surface area contributed by atoms with Crippen LogP contribution in [0.3, 0.4) is 0 Å². The number of ether oxygens (including phenoxy) is 2. The molecule has 1 aliphatic rings. The maximum absolute atomic E-state index is 13.3. The quantitative estimate of drug-likeness (QED) is 0.490. The number of amides is 1. The predicted molar refractivity (Wildman–Crippen MR) is 136 cm³/mol. The van der Waals surface area contributed by atoms with Gasteiger partial charge in [-0.05, 0) is 49.1 Å². The van der Waals surface area contributed by atoms with E-state index in [9.17, 15) is 13.2 Å². The average Bonchev–Trinajstić information content (AvgIpc) is 2.84. The van der Waals surface area contributed by atoms with Crippen LogP contribution in [0.5, 0.6) is 5.75 Å². The number of nitrogens with one attached hydrogen (secondary N) is 2. The Morgan fingerprint density at radius 1 is 1.06 bits per heavy atom. The van der Waals surface area contributed by atoms with Gasteiger partial charge in [0.15, 0.2) is 0 Å². The predicted octanol–water partition coefficient (Wildman–Crippen LogP) is 2.89. The summed E-state index contributed by atoms with van der Waals surface area (Å²) in [6.07, 6.45) is 0.391. The molecule has 8 nitrogen and oxygen atoms in total. The second-order valence-corrected chi connectivity index (χ2v) is 11.0. The number of methoxy groups -OCH3 is 1. The van der Waals surface area contributed by atoms with Crippen molar-refractivity contribution in [1.82, 2.24) is 14.9 Å². The Labute approximate surface area is 209 Å². The van der Waals surface area contributed by atoms with E-state index in [0.29, 0.717) is 26.2 Å². The number of benzene rings is 2. The molecule has 0 bridgehead atoms. The molecule has 2 aromatic rings. The minimum absolute atomic E-state index is 0.0674. The topological polar surface area (TPSA) is 97.0 Å². The Bertz CT molecular complexity index is 1050. The van der Waals surface area contributed by atoms with Gasteiger partial charge in [-0.2, -0.15) is 4.72 Å². The van der Waals surface area contributed by atoms with Crippen molar-refractivity contribution in [2.45, 2.75) is 44.2 Å². The first-order chi connectivity index (χ1) is 16.7. The van der Waals surface area contributed by atoms with Crippen LogP contribution in [0.15, 0.2) is 53.4 Å². The van der Waals surface area contributed by atoms with Gasteiger partial charge in [0.1, 0.15) is 11.8 Å². The molecule has 3 rings (SSSR count). The van der Waals surface area contributed by atoms with Crippen molar-refractivity contribution >= 4 is 15.9 Å². The monoisotopic (exact) mass is 503 g/mol. The number of hydrogen-bond acceptors (Lipinski definition) is 6. The van der Waals surface area contributed by atoms with Crippen LogP contribution in [0.4, 0.5) is 0 Å². The summed E-state index contributed by atoms with van der Waals surface area (Å²) >= 11 is 0. The van der Waals surface area contributed by atoms with Crippen molar-refractivity contribution in [3.05, 3.63) is 59.7 Å². The summed E-state index contributed by atoms with van der Waals surface area (Å²) in [5.74, 6) is 0.560. The highest BCUT2D eigenvalue weighted by Crippen LogP contribution is 2.24. The summed E-state index contributed by atoms with van der Waals surface area (Å²) in [5, 5.41) is 3.02. The summed E-state index contributed by atoms with van der Waals surface area (Å²) in [4.78, 5) is 15.7. The van der Waals surface area contributed by atoms with Crippen molar-refractivity contribution < 1.29 is 22.7 Å². The zero-order valence-electron chi connectivity index (χ0n) is 21.0. The van der Waals surface area contributed by atoms with Gasteiger partial charge in [-0.15, -0.1) is 0 Å². The molecule has 1 saturated heterocycles. The van der Waals surface area contributed by atoms with Gasteiger partial charge in [0.25, 0.3) is 0 Å². The lowest BCUT2D eigenvalue weighted by molar-refractivity contribution is -0.123. The number of nitrogens with zero attached hydrogens (tertiary/aromatic N) is 1. The van der Waals surface area contributed by atoms with Crippen LogP contribution >= 0.6 is 0 Å². The lowest BCUT2D eigenvalue weighted by Gasteiger charge is -2.35. The highest BCUT2D eigenvalue weighted by Gasteiger charge is 2.29. The SMILES string of the molecule is COc1ccc([C@@H](CNC(=O)[C@H](CC(C)C)NS(=O)(=O)c2ccc(C)cc2)N2CCOCC2)cc1. The molecule has 35 heavy (non-hydrogen) atoms. The molecule has 2 atom stereocenters. The van der Waals surface area contributed by atoms with Crippen LogP contribution in [0.2, 0.25) is 0 Å². The maximum Gasteiger partial charge on any atom is 0.241 e. The fourth-order valence-electron chi connectivity index (χ4n) is 4.15. The van der Waals surface area contributed by atoms with Crippen molar-refractivity contribution in [3.63, 3.8) is 0 Å². The number of sulfonamides is 1. The van der Waals surface area contributed by atoms with Crippen molar-refractivity contribution in [3.8, 4) is 5.75 Å². The normalized spacial score (nSPS) is 16.6. The number of carbonyl (C=O) groups excluding carboxylic acids is 1. The Hall–Kier alpha value is -2.46. The number of rotatable bonds is 11. The van der Waals surface area contributed by atoms with E-state index in [1.54, 1.807) is 31.4 Å². The number of carbonyl (C=O) groups is 1. The van der Waals surface area contributed by atoms with Gasteiger partial charge >= 0.3 is 0 Å². The summed E-state index contributed by atoms with van der Waals surface area (Å²) < 4.78 is 39.4.